The second-order valence-electron chi connectivity index (χ2n) is 7.43. The van der Waals surface area contributed by atoms with Gasteiger partial charge in [0.05, 0.1) is 33.1 Å². The van der Waals surface area contributed by atoms with Crippen LogP contribution in [-0.2, 0) is 14.8 Å². The summed E-state index contributed by atoms with van der Waals surface area (Å²) in [7, 11) is -4.23. The lowest BCUT2D eigenvalue weighted by Crippen LogP contribution is -2.33. The van der Waals surface area contributed by atoms with Gasteiger partial charge in [-0.2, -0.15) is 12.8 Å². The fourth-order valence-corrected chi connectivity index (χ4v) is 4.81. The predicted octanol–water partition coefficient (Wildman–Crippen LogP) is 3.32. The zero-order chi connectivity index (χ0) is 26.5. The van der Waals surface area contributed by atoms with Crippen LogP contribution < -0.4 is 21.2 Å². The summed E-state index contributed by atoms with van der Waals surface area (Å²) in [5.41, 5.74) is 11.4. The van der Waals surface area contributed by atoms with Crippen LogP contribution in [0, 0.1) is 0 Å². The number of nitrogens with one attached hydrogen (secondary N) is 1. The predicted molar refractivity (Wildman–Crippen MR) is 137 cm³/mol. The van der Waals surface area contributed by atoms with Crippen molar-refractivity contribution in [3.63, 3.8) is 0 Å². The van der Waals surface area contributed by atoms with E-state index in [1.54, 1.807) is 18.2 Å². The third-order valence-electron chi connectivity index (χ3n) is 4.83. The highest BCUT2D eigenvalue weighted by molar-refractivity contribution is 7.92. The zero-order valence-electron chi connectivity index (χ0n) is 18.5. The Labute approximate surface area is 217 Å². The molecule has 3 aromatic carbocycles. The monoisotopic (exact) mass is 549 g/mol. The number of anilines is 1. The van der Waals surface area contributed by atoms with Gasteiger partial charge in [-0.15, -0.1) is 5.10 Å². The molecule has 10 nitrogen and oxygen atoms in total. The van der Waals surface area contributed by atoms with Crippen molar-refractivity contribution in [3.8, 4) is 0 Å². The number of amides is 1. The van der Waals surface area contributed by atoms with Crippen LogP contribution in [0.5, 0.6) is 0 Å². The number of hydrogen-bond acceptors (Lipinski definition) is 5. The molecule has 0 heterocycles. The number of carbonyl (C=O) groups is 2. The van der Waals surface area contributed by atoms with Crippen molar-refractivity contribution in [1.82, 2.24) is 5.32 Å². The quantitative estimate of drug-likeness (QED) is 0.180. The molecule has 0 aromatic heterocycles. The Kier molecular flexibility index (Phi) is 8.41. The number of benzene rings is 3. The van der Waals surface area contributed by atoms with E-state index in [-0.39, 0.29) is 26.2 Å². The largest absolute Gasteiger partial charge is 0.481 e. The number of halogens is 2. The van der Waals surface area contributed by atoms with Crippen molar-refractivity contribution < 1.29 is 23.1 Å². The molecule has 0 aliphatic heterocycles. The Balaban J connectivity index is 2.02. The summed E-state index contributed by atoms with van der Waals surface area (Å²) in [4.78, 5) is 24.3. The Morgan fingerprint density at radius 1 is 0.972 bits per heavy atom. The molecule has 0 spiro atoms. The van der Waals surface area contributed by atoms with Crippen molar-refractivity contribution >= 4 is 56.7 Å². The Bertz CT molecular complexity index is 1410. The summed E-state index contributed by atoms with van der Waals surface area (Å²) < 4.78 is 27.2. The molecule has 0 aliphatic rings. The summed E-state index contributed by atoms with van der Waals surface area (Å²) in [6, 6.07) is 16.5. The maximum Gasteiger partial charge on any atom is 0.305 e. The first kappa shape index (κ1) is 26.8. The van der Waals surface area contributed by atoms with Gasteiger partial charge in [0.15, 0.2) is 0 Å². The summed E-state index contributed by atoms with van der Waals surface area (Å²) in [6.07, 6.45) is -0.496. The van der Waals surface area contributed by atoms with Crippen LogP contribution >= 0.6 is 23.2 Å². The molecule has 13 heteroatoms. The van der Waals surface area contributed by atoms with E-state index in [0.717, 1.165) is 0 Å². The van der Waals surface area contributed by atoms with Gasteiger partial charge >= 0.3 is 5.97 Å². The van der Waals surface area contributed by atoms with Gasteiger partial charge in [0.1, 0.15) is 0 Å². The fraction of sp³-hybridized carbons (Fsp3) is 0.0870. The molecule has 0 radical (unpaired) electrons. The van der Waals surface area contributed by atoms with Gasteiger partial charge in [-0.25, -0.2) is 0 Å². The number of hydrogen-bond donors (Lipinski definition) is 4. The van der Waals surface area contributed by atoms with E-state index in [0.29, 0.717) is 9.98 Å². The van der Waals surface area contributed by atoms with E-state index in [1.807, 2.05) is 0 Å². The molecule has 0 aliphatic carbocycles. The lowest BCUT2D eigenvalue weighted by Gasteiger charge is -2.22. The van der Waals surface area contributed by atoms with E-state index in [1.165, 1.54) is 54.6 Å². The number of carboxylic acid groups (broad SMARTS) is 1. The normalized spacial score (nSPS) is 11.8. The Morgan fingerprint density at radius 3 is 2.28 bits per heavy atom. The molecule has 0 bridgehead atoms. The molecule has 36 heavy (non-hydrogen) atoms. The first-order chi connectivity index (χ1) is 17.0. The summed E-state index contributed by atoms with van der Waals surface area (Å²) >= 11 is 11.9. The highest BCUT2D eigenvalue weighted by atomic mass is 35.5. The average molecular weight is 550 g/mol. The number of carbonyl (C=O) groups excluding carboxylic acids is 1. The topological polar surface area (TPSA) is 168 Å². The molecule has 3 aromatic rings. The maximum absolute atomic E-state index is 13.3. The number of guanidine groups is 1. The molecule has 3 rings (SSSR count). The second-order valence-corrected chi connectivity index (χ2v) is 10.0. The molecule has 0 saturated carbocycles. The van der Waals surface area contributed by atoms with Crippen molar-refractivity contribution in [2.24, 2.45) is 16.6 Å². The first-order valence-corrected chi connectivity index (χ1v) is 12.5. The third kappa shape index (κ3) is 6.45. The van der Waals surface area contributed by atoms with Crippen LogP contribution in [0.1, 0.15) is 28.4 Å². The van der Waals surface area contributed by atoms with Crippen LogP contribution in [-0.4, -0.2) is 31.4 Å². The second kappa shape index (κ2) is 11.3. The molecule has 1 unspecified atom stereocenters. The number of hydrazone groups is 1. The molecule has 1 atom stereocenters. The van der Waals surface area contributed by atoms with Crippen molar-refractivity contribution in [2.75, 3.05) is 4.41 Å². The third-order valence-corrected chi connectivity index (χ3v) is 7.19. The van der Waals surface area contributed by atoms with Gasteiger partial charge < -0.3 is 21.9 Å². The van der Waals surface area contributed by atoms with E-state index >= 15 is 0 Å². The van der Waals surface area contributed by atoms with Crippen LogP contribution in [0.15, 0.2) is 82.8 Å². The number of sulfonamides is 1. The van der Waals surface area contributed by atoms with Gasteiger partial charge in [0.2, 0.25) is 5.96 Å². The minimum Gasteiger partial charge on any atom is -0.481 e. The van der Waals surface area contributed by atoms with Gasteiger partial charge in [-0.3, -0.25) is 9.59 Å². The van der Waals surface area contributed by atoms with Crippen LogP contribution in [0.25, 0.3) is 0 Å². The van der Waals surface area contributed by atoms with Gasteiger partial charge in [0.25, 0.3) is 15.9 Å². The fourth-order valence-electron chi connectivity index (χ4n) is 3.21. The van der Waals surface area contributed by atoms with E-state index in [4.69, 9.17) is 34.7 Å². The standard InChI is InChI=1S/C23H21Cl2N5O5S/c24-18-10-9-15(12-19(18)25)22(33)28-20(13-21(31)32)14-5-4-6-16(11-14)30(29-23(26)27)36(34,35)17-7-2-1-3-8-17/h1-12,20H,13H2,(H,28,33)(H,31,32)(H4,26,27,29). The smallest absolute Gasteiger partial charge is 0.305 e. The number of nitrogens with two attached hydrogens (primary N) is 2. The van der Waals surface area contributed by atoms with E-state index < -0.39 is 40.3 Å². The molecular formula is C23H21Cl2N5O5S. The minimum absolute atomic E-state index is 0.0175. The summed E-state index contributed by atoms with van der Waals surface area (Å²) in [5, 5.41) is 16.2. The number of rotatable bonds is 9. The van der Waals surface area contributed by atoms with Crippen molar-refractivity contribution in [2.45, 2.75) is 17.4 Å². The lowest BCUT2D eigenvalue weighted by molar-refractivity contribution is -0.137. The molecule has 188 valence electrons. The molecule has 1 amide bonds. The summed E-state index contributed by atoms with van der Waals surface area (Å²) in [6.45, 7) is 0. The van der Waals surface area contributed by atoms with Crippen LogP contribution in [0.3, 0.4) is 0 Å². The highest BCUT2D eigenvalue weighted by Gasteiger charge is 2.27. The molecule has 0 fully saturated rings. The number of aliphatic carboxylic acids is 1. The first-order valence-electron chi connectivity index (χ1n) is 10.3. The van der Waals surface area contributed by atoms with Crippen molar-refractivity contribution in [1.29, 1.82) is 0 Å². The Morgan fingerprint density at radius 2 is 1.67 bits per heavy atom. The van der Waals surface area contributed by atoms with Crippen molar-refractivity contribution in [3.05, 3.63) is 94.0 Å². The summed E-state index contributed by atoms with van der Waals surface area (Å²) in [5.74, 6) is -2.32. The van der Waals surface area contributed by atoms with Crippen LogP contribution in [0.4, 0.5) is 5.69 Å². The van der Waals surface area contributed by atoms with E-state index in [9.17, 15) is 23.1 Å². The number of nitrogens with zero attached hydrogens (tertiary/aromatic N) is 2. The average Bonchev–Trinajstić information content (AvgIpc) is 2.84. The number of carboxylic acids is 1. The lowest BCUT2D eigenvalue weighted by atomic mass is 10.0. The Hall–Kier alpha value is -3.80. The molecule has 0 saturated heterocycles. The van der Waals surface area contributed by atoms with Gasteiger partial charge in [0, 0.05) is 5.56 Å². The minimum atomic E-state index is -4.23. The highest BCUT2D eigenvalue weighted by Crippen LogP contribution is 2.29. The molecular weight excluding hydrogens is 529 g/mol. The SMILES string of the molecule is NC(N)=NN(c1cccc(C(CC(=O)O)NC(=O)c2ccc(Cl)c(Cl)c2)c1)S(=O)(=O)c1ccccc1. The van der Waals surface area contributed by atoms with Gasteiger partial charge in [-0.1, -0.05) is 53.5 Å². The zero-order valence-corrected chi connectivity index (χ0v) is 20.8. The van der Waals surface area contributed by atoms with Crippen LogP contribution in [0.2, 0.25) is 10.0 Å². The van der Waals surface area contributed by atoms with Gasteiger partial charge in [-0.05, 0) is 48.0 Å². The molecule has 6 N–H and O–H groups in total. The van der Waals surface area contributed by atoms with E-state index in [2.05, 4.69) is 10.4 Å². The maximum atomic E-state index is 13.3.